The maximum atomic E-state index is 5.91. The molecule has 1 unspecified atom stereocenters. The van der Waals surface area contributed by atoms with Crippen molar-refractivity contribution in [3.8, 4) is 0 Å². The number of hydrogen-bond acceptors (Lipinski definition) is 2. The molecule has 1 aliphatic rings. The van der Waals surface area contributed by atoms with Crippen LogP contribution in [0.15, 0.2) is 24.3 Å². The normalized spacial score (nSPS) is 21.5. The Hall–Kier alpha value is -0.570. The number of hydrogen-bond donors (Lipinski definition) is 1. The molecule has 82 valence electrons. The molecule has 0 aromatic heterocycles. The standard InChI is InChI=1S/C12H16ClNO/c13-11-4-1-3-10(7-11)8-14-12-5-2-6-15-9-12/h1,3-4,7,12,14H,2,5-6,8-9H2. The molecule has 0 aliphatic carbocycles. The molecule has 3 heteroatoms. The second-order valence-corrected chi connectivity index (χ2v) is 4.36. The smallest absolute Gasteiger partial charge is 0.0619 e. The Kier molecular flexibility index (Phi) is 4.01. The van der Waals surface area contributed by atoms with Crippen molar-refractivity contribution in [2.24, 2.45) is 0 Å². The van der Waals surface area contributed by atoms with Gasteiger partial charge in [-0.15, -0.1) is 0 Å². The van der Waals surface area contributed by atoms with Gasteiger partial charge < -0.3 is 10.1 Å². The fraction of sp³-hybridized carbons (Fsp3) is 0.500. The minimum Gasteiger partial charge on any atom is -0.380 e. The number of nitrogens with one attached hydrogen (secondary N) is 1. The topological polar surface area (TPSA) is 21.3 Å². The first-order chi connectivity index (χ1) is 7.34. The van der Waals surface area contributed by atoms with Crippen molar-refractivity contribution in [3.05, 3.63) is 34.9 Å². The third kappa shape index (κ3) is 3.49. The van der Waals surface area contributed by atoms with Gasteiger partial charge in [-0.1, -0.05) is 23.7 Å². The zero-order valence-corrected chi connectivity index (χ0v) is 9.46. The Morgan fingerprint density at radius 2 is 2.40 bits per heavy atom. The van der Waals surface area contributed by atoms with Crippen LogP contribution in [0.4, 0.5) is 0 Å². The monoisotopic (exact) mass is 225 g/mol. The van der Waals surface area contributed by atoms with E-state index in [9.17, 15) is 0 Å². The van der Waals surface area contributed by atoms with Crippen LogP contribution in [0, 0.1) is 0 Å². The van der Waals surface area contributed by atoms with Crippen LogP contribution in [0.2, 0.25) is 5.02 Å². The first kappa shape index (κ1) is 10.9. The average molecular weight is 226 g/mol. The summed E-state index contributed by atoms with van der Waals surface area (Å²) in [6.07, 6.45) is 2.37. The van der Waals surface area contributed by atoms with Crippen molar-refractivity contribution in [3.63, 3.8) is 0 Å². The molecule has 1 fully saturated rings. The molecule has 1 aromatic rings. The third-order valence-corrected chi connectivity index (χ3v) is 2.88. The quantitative estimate of drug-likeness (QED) is 0.854. The van der Waals surface area contributed by atoms with Crippen LogP contribution in [-0.2, 0) is 11.3 Å². The lowest BCUT2D eigenvalue weighted by atomic mass is 10.1. The SMILES string of the molecule is Clc1cccc(CNC2CCCOC2)c1. The van der Waals surface area contributed by atoms with E-state index in [1.54, 1.807) is 0 Å². The summed E-state index contributed by atoms with van der Waals surface area (Å²) in [7, 11) is 0. The van der Waals surface area contributed by atoms with Gasteiger partial charge in [0.2, 0.25) is 0 Å². The Morgan fingerprint density at radius 1 is 1.47 bits per heavy atom. The van der Waals surface area contributed by atoms with Crippen LogP contribution in [-0.4, -0.2) is 19.3 Å². The van der Waals surface area contributed by atoms with E-state index in [1.165, 1.54) is 12.0 Å². The molecule has 2 rings (SSSR count). The summed E-state index contributed by atoms with van der Waals surface area (Å²) >= 11 is 5.91. The van der Waals surface area contributed by atoms with Gasteiger partial charge in [0.05, 0.1) is 6.61 Å². The van der Waals surface area contributed by atoms with Crippen molar-refractivity contribution < 1.29 is 4.74 Å². The fourth-order valence-electron chi connectivity index (χ4n) is 1.81. The predicted molar refractivity (Wildman–Crippen MR) is 62.1 cm³/mol. The Balaban J connectivity index is 1.81. The van der Waals surface area contributed by atoms with E-state index in [0.717, 1.165) is 31.2 Å². The fourth-order valence-corrected chi connectivity index (χ4v) is 2.02. The first-order valence-electron chi connectivity index (χ1n) is 5.40. The lowest BCUT2D eigenvalue weighted by Crippen LogP contribution is -2.36. The largest absolute Gasteiger partial charge is 0.380 e. The lowest BCUT2D eigenvalue weighted by Gasteiger charge is -2.23. The number of rotatable bonds is 3. The molecular formula is C12H16ClNO. The Labute approximate surface area is 95.6 Å². The van der Waals surface area contributed by atoms with Crippen LogP contribution < -0.4 is 5.32 Å². The van der Waals surface area contributed by atoms with Gasteiger partial charge in [0.25, 0.3) is 0 Å². The van der Waals surface area contributed by atoms with Crippen molar-refractivity contribution >= 4 is 11.6 Å². The van der Waals surface area contributed by atoms with E-state index in [2.05, 4.69) is 11.4 Å². The zero-order valence-electron chi connectivity index (χ0n) is 8.71. The van der Waals surface area contributed by atoms with Gasteiger partial charge in [-0.05, 0) is 30.5 Å². The van der Waals surface area contributed by atoms with Gasteiger partial charge in [0, 0.05) is 24.2 Å². The molecular weight excluding hydrogens is 210 g/mol. The zero-order chi connectivity index (χ0) is 10.5. The van der Waals surface area contributed by atoms with Crippen molar-refractivity contribution in [2.75, 3.05) is 13.2 Å². The van der Waals surface area contributed by atoms with Gasteiger partial charge in [0.15, 0.2) is 0 Å². The van der Waals surface area contributed by atoms with Crippen LogP contribution in [0.3, 0.4) is 0 Å². The summed E-state index contributed by atoms with van der Waals surface area (Å²) in [5, 5.41) is 4.28. The number of halogens is 1. The van der Waals surface area contributed by atoms with Crippen LogP contribution >= 0.6 is 11.6 Å². The third-order valence-electron chi connectivity index (χ3n) is 2.64. The number of benzene rings is 1. The molecule has 2 nitrogen and oxygen atoms in total. The predicted octanol–water partition coefficient (Wildman–Crippen LogP) is 2.61. The van der Waals surface area contributed by atoms with E-state index in [4.69, 9.17) is 16.3 Å². The second-order valence-electron chi connectivity index (χ2n) is 3.92. The van der Waals surface area contributed by atoms with E-state index < -0.39 is 0 Å². The highest BCUT2D eigenvalue weighted by Gasteiger charge is 2.12. The molecule has 0 bridgehead atoms. The average Bonchev–Trinajstić information content (AvgIpc) is 2.28. The van der Waals surface area contributed by atoms with Crippen molar-refractivity contribution in [1.82, 2.24) is 5.32 Å². The highest BCUT2D eigenvalue weighted by Crippen LogP contribution is 2.11. The molecule has 15 heavy (non-hydrogen) atoms. The van der Waals surface area contributed by atoms with Crippen LogP contribution in [0.25, 0.3) is 0 Å². The van der Waals surface area contributed by atoms with Crippen molar-refractivity contribution in [2.45, 2.75) is 25.4 Å². The first-order valence-corrected chi connectivity index (χ1v) is 5.78. The summed E-state index contributed by atoms with van der Waals surface area (Å²) < 4.78 is 5.41. The van der Waals surface area contributed by atoms with Gasteiger partial charge in [0.1, 0.15) is 0 Å². The Morgan fingerprint density at radius 3 is 3.13 bits per heavy atom. The molecule has 1 atom stereocenters. The van der Waals surface area contributed by atoms with Crippen LogP contribution in [0.5, 0.6) is 0 Å². The van der Waals surface area contributed by atoms with Gasteiger partial charge in [-0.2, -0.15) is 0 Å². The minimum atomic E-state index is 0.498. The van der Waals surface area contributed by atoms with E-state index in [-0.39, 0.29) is 0 Å². The maximum Gasteiger partial charge on any atom is 0.0619 e. The Bertz CT molecular complexity index is 310. The second kappa shape index (κ2) is 5.50. The van der Waals surface area contributed by atoms with Gasteiger partial charge in [-0.3, -0.25) is 0 Å². The molecule has 1 aromatic carbocycles. The molecule has 1 heterocycles. The summed E-state index contributed by atoms with van der Waals surface area (Å²) in [4.78, 5) is 0. The van der Waals surface area contributed by atoms with E-state index in [1.807, 2.05) is 18.2 Å². The van der Waals surface area contributed by atoms with E-state index in [0.29, 0.717) is 6.04 Å². The summed E-state index contributed by atoms with van der Waals surface area (Å²) in [6.45, 7) is 2.62. The summed E-state index contributed by atoms with van der Waals surface area (Å²) in [5.41, 5.74) is 1.23. The molecule has 0 amide bonds. The molecule has 0 saturated carbocycles. The molecule has 0 spiro atoms. The summed E-state index contributed by atoms with van der Waals surface area (Å²) in [5.74, 6) is 0. The highest BCUT2D eigenvalue weighted by molar-refractivity contribution is 6.30. The highest BCUT2D eigenvalue weighted by atomic mass is 35.5. The maximum absolute atomic E-state index is 5.91. The molecule has 1 saturated heterocycles. The summed E-state index contributed by atoms with van der Waals surface area (Å²) in [6, 6.07) is 8.46. The van der Waals surface area contributed by atoms with Gasteiger partial charge in [-0.25, -0.2) is 0 Å². The lowest BCUT2D eigenvalue weighted by molar-refractivity contribution is 0.0699. The van der Waals surface area contributed by atoms with Crippen LogP contribution in [0.1, 0.15) is 18.4 Å². The van der Waals surface area contributed by atoms with E-state index >= 15 is 0 Å². The van der Waals surface area contributed by atoms with Gasteiger partial charge >= 0.3 is 0 Å². The molecule has 1 N–H and O–H groups in total. The molecule has 1 aliphatic heterocycles. The molecule has 0 radical (unpaired) electrons. The number of ether oxygens (including phenoxy) is 1. The minimum absolute atomic E-state index is 0.498. The van der Waals surface area contributed by atoms with Crippen molar-refractivity contribution in [1.29, 1.82) is 0 Å².